The quantitative estimate of drug-likeness (QED) is 0.796. The van der Waals surface area contributed by atoms with Crippen molar-refractivity contribution in [1.29, 1.82) is 0 Å². The third kappa shape index (κ3) is 4.77. The van der Waals surface area contributed by atoms with Gasteiger partial charge in [-0.3, -0.25) is 15.2 Å². The monoisotopic (exact) mass is 324 g/mol. The summed E-state index contributed by atoms with van der Waals surface area (Å²) in [5, 5.41) is 8.83. The zero-order valence-corrected chi connectivity index (χ0v) is 12.3. The minimum absolute atomic E-state index is 0.0831. The van der Waals surface area contributed by atoms with Crippen LogP contribution in [-0.2, 0) is 4.79 Å². The Balaban J connectivity index is 2.05. The summed E-state index contributed by atoms with van der Waals surface area (Å²) in [5.74, 6) is 0.354. The summed E-state index contributed by atoms with van der Waals surface area (Å²) in [6.45, 7) is -1.24. The Morgan fingerprint density at radius 2 is 2.17 bits per heavy atom. The summed E-state index contributed by atoms with van der Waals surface area (Å²) in [6, 6.07) is 4.32. The average Bonchev–Trinajstić information content (AvgIpc) is 2.90. The maximum atomic E-state index is 12.2. The molecule has 2 N–H and O–H groups in total. The summed E-state index contributed by atoms with van der Waals surface area (Å²) in [7, 11) is 1.33. The fraction of sp³-hybridized carbons (Fsp3) is 0.214. The predicted octanol–water partition coefficient (Wildman–Crippen LogP) is 2.38. The Morgan fingerprint density at radius 3 is 2.78 bits per heavy atom. The van der Waals surface area contributed by atoms with E-state index in [1.807, 2.05) is 0 Å². The first-order valence-electron chi connectivity index (χ1n) is 6.49. The molecular weight excluding hydrogens is 310 g/mol. The lowest BCUT2D eigenvalue weighted by atomic mass is 10.2. The van der Waals surface area contributed by atoms with Gasteiger partial charge in [0.2, 0.25) is 5.95 Å². The van der Waals surface area contributed by atoms with Crippen LogP contribution >= 0.6 is 0 Å². The fourth-order valence-electron chi connectivity index (χ4n) is 1.70. The van der Waals surface area contributed by atoms with Crippen LogP contribution in [-0.4, -0.2) is 34.8 Å². The van der Waals surface area contributed by atoms with Gasteiger partial charge < -0.3 is 9.47 Å². The molecule has 0 aliphatic carbocycles. The van der Waals surface area contributed by atoms with Gasteiger partial charge in [0, 0.05) is 6.08 Å². The van der Waals surface area contributed by atoms with Crippen molar-refractivity contribution in [3.63, 3.8) is 0 Å². The average molecular weight is 324 g/mol. The number of amides is 1. The standard InChI is InChI=1S/C14H14F2N4O3/c1-8-17-14(20-19-8)18-12(21)6-4-9-3-5-10(23-13(15)16)11(7-9)22-2/h3-7,13H,1-2H3,(H2,17,18,19,20,21)/b6-4-. The highest BCUT2D eigenvalue weighted by molar-refractivity contribution is 6.00. The molecule has 0 radical (unpaired) electrons. The van der Waals surface area contributed by atoms with Gasteiger partial charge in [-0.15, -0.1) is 5.10 Å². The number of anilines is 1. The number of ether oxygens (including phenoxy) is 2. The highest BCUT2D eigenvalue weighted by Crippen LogP contribution is 2.29. The molecule has 1 aromatic heterocycles. The number of carbonyl (C=O) groups excluding carboxylic acids is 1. The number of rotatable bonds is 6. The number of hydrogen-bond acceptors (Lipinski definition) is 5. The number of nitrogens with zero attached hydrogens (tertiary/aromatic N) is 2. The molecule has 0 spiro atoms. The molecule has 0 fully saturated rings. The summed E-state index contributed by atoms with van der Waals surface area (Å²) in [6.07, 6.45) is 2.75. The maximum Gasteiger partial charge on any atom is 0.387 e. The highest BCUT2D eigenvalue weighted by Gasteiger charge is 2.10. The van der Waals surface area contributed by atoms with Crippen molar-refractivity contribution >= 4 is 17.9 Å². The van der Waals surface area contributed by atoms with Crippen LogP contribution in [0, 0.1) is 6.92 Å². The number of methoxy groups -OCH3 is 1. The largest absolute Gasteiger partial charge is 0.493 e. The first-order valence-corrected chi connectivity index (χ1v) is 6.49. The van der Waals surface area contributed by atoms with Crippen molar-refractivity contribution in [2.45, 2.75) is 13.5 Å². The van der Waals surface area contributed by atoms with Gasteiger partial charge in [0.25, 0.3) is 5.91 Å². The molecule has 0 unspecified atom stereocenters. The molecule has 0 aliphatic rings. The van der Waals surface area contributed by atoms with Crippen LogP contribution in [0.4, 0.5) is 14.7 Å². The number of H-pyrrole nitrogens is 1. The number of carbonyl (C=O) groups is 1. The van der Waals surface area contributed by atoms with E-state index >= 15 is 0 Å². The lowest BCUT2D eigenvalue weighted by molar-refractivity contribution is -0.111. The van der Waals surface area contributed by atoms with Crippen LogP contribution in [0.5, 0.6) is 11.5 Å². The molecule has 122 valence electrons. The molecule has 1 aromatic carbocycles. The zero-order valence-electron chi connectivity index (χ0n) is 12.3. The number of aryl methyl sites for hydroxylation is 1. The molecule has 2 aromatic rings. The maximum absolute atomic E-state index is 12.2. The highest BCUT2D eigenvalue weighted by atomic mass is 19.3. The number of aromatic nitrogens is 3. The van der Waals surface area contributed by atoms with E-state index in [1.165, 1.54) is 37.5 Å². The van der Waals surface area contributed by atoms with Crippen molar-refractivity contribution in [2.75, 3.05) is 12.4 Å². The molecule has 0 saturated carbocycles. The van der Waals surface area contributed by atoms with E-state index in [1.54, 1.807) is 6.92 Å². The lowest BCUT2D eigenvalue weighted by Crippen LogP contribution is -2.09. The van der Waals surface area contributed by atoms with E-state index in [9.17, 15) is 13.6 Å². The van der Waals surface area contributed by atoms with Gasteiger partial charge in [-0.2, -0.15) is 13.8 Å². The van der Waals surface area contributed by atoms with Crippen LogP contribution in [0.25, 0.3) is 6.08 Å². The second kappa shape index (κ2) is 7.34. The number of nitrogens with one attached hydrogen (secondary N) is 2. The fourth-order valence-corrected chi connectivity index (χ4v) is 1.70. The second-order valence-electron chi connectivity index (χ2n) is 4.36. The van der Waals surface area contributed by atoms with Gasteiger partial charge in [-0.1, -0.05) is 6.07 Å². The number of hydrogen-bond donors (Lipinski definition) is 2. The molecular formula is C14H14F2N4O3. The van der Waals surface area contributed by atoms with E-state index in [2.05, 4.69) is 25.2 Å². The molecule has 23 heavy (non-hydrogen) atoms. The van der Waals surface area contributed by atoms with Crippen molar-refractivity contribution in [2.24, 2.45) is 0 Å². The van der Waals surface area contributed by atoms with E-state index in [-0.39, 0.29) is 17.4 Å². The van der Waals surface area contributed by atoms with E-state index < -0.39 is 12.5 Å². The molecule has 0 saturated heterocycles. The molecule has 2 rings (SSSR count). The summed E-state index contributed by atoms with van der Waals surface area (Å²) in [4.78, 5) is 15.6. The second-order valence-corrected chi connectivity index (χ2v) is 4.36. The Morgan fingerprint density at radius 1 is 1.39 bits per heavy atom. The zero-order chi connectivity index (χ0) is 16.8. The summed E-state index contributed by atoms with van der Waals surface area (Å²) < 4.78 is 33.8. The van der Waals surface area contributed by atoms with Crippen molar-refractivity contribution in [3.8, 4) is 11.5 Å². The first-order chi connectivity index (χ1) is 11.0. The number of alkyl halides is 2. The number of aromatic amines is 1. The van der Waals surface area contributed by atoms with E-state index in [0.717, 1.165) is 0 Å². The van der Waals surface area contributed by atoms with Gasteiger partial charge in [0.05, 0.1) is 7.11 Å². The normalized spacial score (nSPS) is 11.0. The molecule has 1 amide bonds. The van der Waals surface area contributed by atoms with Crippen molar-refractivity contribution in [3.05, 3.63) is 35.7 Å². The van der Waals surface area contributed by atoms with Gasteiger partial charge >= 0.3 is 6.61 Å². The predicted molar refractivity (Wildman–Crippen MR) is 78.4 cm³/mol. The molecule has 9 heteroatoms. The Labute approximate surface area is 130 Å². The number of benzene rings is 1. The number of halogens is 2. The first kappa shape index (κ1) is 16.4. The minimum atomic E-state index is -2.94. The SMILES string of the molecule is COc1cc(/C=C\C(=O)Nc2n[nH]c(C)n2)ccc1OC(F)F. The summed E-state index contributed by atoms with van der Waals surface area (Å²) >= 11 is 0. The van der Waals surface area contributed by atoms with Crippen molar-refractivity contribution < 1.29 is 23.0 Å². The van der Waals surface area contributed by atoms with Crippen LogP contribution < -0.4 is 14.8 Å². The van der Waals surface area contributed by atoms with E-state index in [0.29, 0.717) is 11.4 Å². The minimum Gasteiger partial charge on any atom is -0.493 e. The third-order valence-corrected chi connectivity index (χ3v) is 2.66. The van der Waals surface area contributed by atoms with Gasteiger partial charge in [-0.05, 0) is 30.7 Å². The van der Waals surface area contributed by atoms with Gasteiger partial charge in [-0.25, -0.2) is 0 Å². The molecule has 1 heterocycles. The Kier molecular flexibility index (Phi) is 5.23. The Bertz CT molecular complexity index is 716. The van der Waals surface area contributed by atoms with Crippen LogP contribution in [0.1, 0.15) is 11.4 Å². The van der Waals surface area contributed by atoms with Crippen molar-refractivity contribution in [1.82, 2.24) is 15.2 Å². The molecule has 0 aliphatic heterocycles. The summed E-state index contributed by atoms with van der Waals surface area (Å²) in [5.41, 5.74) is 0.574. The van der Waals surface area contributed by atoms with Gasteiger partial charge in [0.15, 0.2) is 11.5 Å². The van der Waals surface area contributed by atoms with Crippen LogP contribution in [0.15, 0.2) is 24.3 Å². The molecule has 7 nitrogen and oxygen atoms in total. The van der Waals surface area contributed by atoms with Crippen LogP contribution in [0.3, 0.4) is 0 Å². The van der Waals surface area contributed by atoms with Crippen LogP contribution in [0.2, 0.25) is 0 Å². The molecule has 0 atom stereocenters. The Hall–Kier alpha value is -2.97. The third-order valence-electron chi connectivity index (χ3n) is 2.66. The molecule has 0 bridgehead atoms. The van der Waals surface area contributed by atoms with Gasteiger partial charge in [0.1, 0.15) is 5.82 Å². The topological polar surface area (TPSA) is 89.1 Å². The smallest absolute Gasteiger partial charge is 0.387 e. The van der Waals surface area contributed by atoms with E-state index in [4.69, 9.17) is 4.74 Å². The lowest BCUT2D eigenvalue weighted by Gasteiger charge is -2.10.